The minimum Gasteiger partial charge on any atom is -0.466 e. The molecule has 0 bridgehead atoms. The van der Waals surface area contributed by atoms with Crippen molar-refractivity contribution < 1.29 is 28.5 Å². The summed E-state index contributed by atoms with van der Waals surface area (Å²) < 4.78 is 30.4. The van der Waals surface area contributed by atoms with Crippen LogP contribution in [-0.2, 0) is 35.1 Å². The highest BCUT2D eigenvalue weighted by molar-refractivity contribution is 5.70. The Morgan fingerprint density at radius 2 is 1.88 bits per heavy atom. The first kappa shape index (κ1) is 23.6. The Morgan fingerprint density at radius 1 is 1.16 bits per heavy atom. The van der Waals surface area contributed by atoms with Gasteiger partial charge in [0, 0.05) is 32.2 Å². The normalized spacial score (nSPS) is 31.4. The van der Waals surface area contributed by atoms with Gasteiger partial charge in [-0.3, -0.25) is 9.69 Å². The Bertz CT molecular complexity index is 752. The molecule has 4 rings (SSSR count). The van der Waals surface area contributed by atoms with Crippen molar-refractivity contribution in [2.45, 2.75) is 70.2 Å². The molecule has 0 amide bonds. The number of carbonyl (C=O) groups is 1. The molecule has 3 aliphatic heterocycles. The molecule has 1 aromatic rings. The summed E-state index contributed by atoms with van der Waals surface area (Å²) in [5.41, 5.74) is 1.08. The molecule has 0 radical (unpaired) electrons. The van der Waals surface area contributed by atoms with Gasteiger partial charge in [-0.1, -0.05) is 30.3 Å². The highest BCUT2D eigenvalue weighted by Crippen LogP contribution is 2.41. The van der Waals surface area contributed by atoms with Gasteiger partial charge in [0.05, 0.1) is 19.6 Å². The van der Waals surface area contributed by atoms with Gasteiger partial charge in [-0.25, -0.2) is 0 Å². The summed E-state index contributed by atoms with van der Waals surface area (Å²) in [6.07, 6.45) is -1.35. The van der Waals surface area contributed by atoms with Gasteiger partial charge in [-0.15, -0.1) is 0 Å². The van der Waals surface area contributed by atoms with E-state index in [1.165, 1.54) is 0 Å². The van der Waals surface area contributed by atoms with Crippen LogP contribution in [0.2, 0.25) is 0 Å². The van der Waals surface area contributed by atoms with Gasteiger partial charge < -0.3 is 28.6 Å². The van der Waals surface area contributed by atoms with Gasteiger partial charge in [0.25, 0.3) is 0 Å². The average molecular weight is 449 g/mol. The number of carbonyl (C=O) groups excluding carboxylic acids is 1. The zero-order chi connectivity index (χ0) is 22.7. The van der Waals surface area contributed by atoms with Gasteiger partial charge in [0.1, 0.15) is 18.3 Å². The summed E-state index contributed by atoms with van der Waals surface area (Å²) in [5, 5.41) is 0. The van der Waals surface area contributed by atoms with Crippen molar-refractivity contribution in [3.05, 3.63) is 35.9 Å². The number of ether oxygens (including phenoxy) is 5. The predicted octanol–water partition coefficient (Wildman–Crippen LogP) is 2.02. The summed E-state index contributed by atoms with van der Waals surface area (Å²) in [4.78, 5) is 17.2. The molecule has 0 spiro atoms. The standard InChI is InChI=1S/C24H36N2O6/c1-5-28-19(27)15-18(26-13-11-25(4)12-14-26)20-21(29-16-17-9-7-6-8-10-17)22-23(30-20)32-24(2,3)31-22/h6-10,18,20-23H,5,11-16H2,1-4H3/t18-,20+,21-,22+,23+/m0/s1. The molecule has 1 aromatic carbocycles. The molecule has 0 saturated carbocycles. The molecule has 0 unspecified atom stereocenters. The highest BCUT2D eigenvalue weighted by atomic mass is 16.8. The molecule has 178 valence electrons. The molecule has 32 heavy (non-hydrogen) atoms. The molecule has 8 nitrogen and oxygen atoms in total. The number of esters is 1. The van der Waals surface area contributed by atoms with Crippen LogP contribution in [0.5, 0.6) is 0 Å². The van der Waals surface area contributed by atoms with Crippen molar-refractivity contribution in [2.24, 2.45) is 0 Å². The Hall–Kier alpha value is -1.55. The summed E-state index contributed by atoms with van der Waals surface area (Å²) in [6, 6.07) is 9.88. The van der Waals surface area contributed by atoms with E-state index in [0.29, 0.717) is 13.2 Å². The molecule has 0 N–H and O–H groups in total. The number of piperazine rings is 1. The maximum atomic E-state index is 12.5. The van der Waals surface area contributed by atoms with Crippen LogP contribution in [-0.4, -0.2) is 92.0 Å². The van der Waals surface area contributed by atoms with E-state index in [-0.39, 0.29) is 36.7 Å². The lowest BCUT2D eigenvalue weighted by Gasteiger charge is -2.41. The first-order valence-corrected chi connectivity index (χ1v) is 11.6. The summed E-state index contributed by atoms with van der Waals surface area (Å²) in [6.45, 7) is 9.98. The van der Waals surface area contributed by atoms with E-state index < -0.39 is 12.1 Å². The maximum Gasteiger partial charge on any atom is 0.307 e. The zero-order valence-corrected chi connectivity index (χ0v) is 19.6. The van der Waals surface area contributed by atoms with E-state index >= 15 is 0 Å². The van der Waals surface area contributed by atoms with E-state index in [0.717, 1.165) is 31.7 Å². The van der Waals surface area contributed by atoms with Crippen molar-refractivity contribution in [3.63, 3.8) is 0 Å². The van der Waals surface area contributed by atoms with Crippen LogP contribution in [0.4, 0.5) is 0 Å². The lowest BCUT2D eigenvalue weighted by atomic mass is 9.98. The van der Waals surface area contributed by atoms with Crippen LogP contribution >= 0.6 is 0 Å². The van der Waals surface area contributed by atoms with Crippen LogP contribution in [0.15, 0.2) is 30.3 Å². The topological polar surface area (TPSA) is 69.7 Å². The SMILES string of the molecule is CCOC(=O)C[C@@H]([C@H]1O[C@@H]2OC(C)(C)O[C@@H]2[C@H]1OCc1ccccc1)N1CCN(C)CC1. The Balaban J connectivity index is 1.55. The fraction of sp³-hybridized carbons (Fsp3) is 0.708. The first-order chi connectivity index (χ1) is 15.4. The van der Waals surface area contributed by atoms with E-state index in [2.05, 4.69) is 16.8 Å². The Morgan fingerprint density at radius 3 is 2.56 bits per heavy atom. The van der Waals surface area contributed by atoms with E-state index in [1.54, 1.807) is 0 Å². The van der Waals surface area contributed by atoms with Crippen LogP contribution in [0.1, 0.15) is 32.8 Å². The summed E-state index contributed by atoms with van der Waals surface area (Å²) >= 11 is 0. The smallest absolute Gasteiger partial charge is 0.307 e. The fourth-order valence-corrected chi connectivity index (χ4v) is 4.77. The van der Waals surface area contributed by atoms with Crippen molar-refractivity contribution >= 4 is 5.97 Å². The lowest BCUT2D eigenvalue weighted by Crippen LogP contribution is -2.56. The molecule has 3 saturated heterocycles. The zero-order valence-electron chi connectivity index (χ0n) is 19.6. The monoisotopic (exact) mass is 448 g/mol. The van der Waals surface area contributed by atoms with Crippen LogP contribution in [0.3, 0.4) is 0 Å². The fourth-order valence-electron chi connectivity index (χ4n) is 4.77. The molecule has 8 heteroatoms. The number of nitrogens with zero attached hydrogens (tertiary/aromatic N) is 2. The highest BCUT2D eigenvalue weighted by Gasteiger charge is 2.58. The van der Waals surface area contributed by atoms with Gasteiger partial charge in [-0.05, 0) is 33.4 Å². The summed E-state index contributed by atoms with van der Waals surface area (Å²) in [5.74, 6) is -0.958. The molecule has 3 heterocycles. The van der Waals surface area contributed by atoms with Crippen molar-refractivity contribution in [3.8, 4) is 0 Å². The largest absolute Gasteiger partial charge is 0.466 e. The first-order valence-electron chi connectivity index (χ1n) is 11.6. The van der Waals surface area contributed by atoms with Crippen LogP contribution < -0.4 is 0 Å². The Labute approximate surface area is 190 Å². The molecular weight excluding hydrogens is 412 g/mol. The summed E-state index contributed by atoms with van der Waals surface area (Å²) in [7, 11) is 2.11. The molecule has 0 aliphatic carbocycles. The maximum absolute atomic E-state index is 12.5. The number of hydrogen-bond donors (Lipinski definition) is 0. The molecule has 3 fully saturated rings. The lowest BCUT2D eigenvalue weighted by molar-refractivity contribution is -0.227. The third kappa shape index (κ3) is 5.50. The number of likely N-dealkylation sites (N-methyl/N-ethyl adjacent to an activating group) is 1. The van der Waals surface area contributed by atoms with Crippen molar-refractivity contribution in [1.29, 1.82) is 0 Å². The van der Waals surface area contributed by atoms with Crippen molar-refractivity contribution in [2.75, 3.05) is 39.8 Å². The van der Waals surface area contributed by atoms with E-state index in [1.807, 2.05) is 51.1 Å². The number of benzene rings is 1. The van der Waals surface area contributed by atoms with E-state index in [4.69, 9.17) is 23.7 Å². The second-order valence-corrected chi connectivity index (χ2v) is 9.25. The molecule has 0 aromatic heterocycles. The quantitative estimate of drug-likeness (QED) is 0.560. The molecule has 5 atom stereocenters. The average Bonchev–Trinajstić information content (AvgIpc) is 3.23. The minimum absolute atomic E-state index is 0.176. The second kappa shape index (κ2) is 10.2. The second-order valence-electron chi connectivity index (χ2n) is 9.25. The third-order valence-corrected chi connectivity index (χ3v) is 6.38. The predicted molar refractivity (Wildman–Crippen MR) is 118 cm³/mol. The van der Waals surface area contributed by atoms with Gasteiger partial charge >= 0.3 is 5.97 Å². The van der Waals surface area contributed by atoms with Crippen molar-refractivity contribution in [1.82, 2.24) is 9.80 Å². The Kier molecular flexibility index (Phi) is 7.49. The number of hydrogen-bond acceptors (Lipinski definition) is 8. The molecule has 3 aliphatic rings. The minimum atomic E-state index is -0.737. The number of rotatable bonds is 8. The van der Waals surface area contributed by atoms with Crippen LogP contribution in [0, 0.1) is 0 Å². The van der Waals surface area contributed by atoms with Crippen LogP contribution in [0.25, 0.3) is 0 Å². The van der Waals surface area contributed by atoms with Gasteiger partial charge in [0.2, 0.25) is 0 Å². The number of fused-ring (bicyclic) bond motifs is 1. The van der Waals surface area contributed by atoms with E-state index in [9.17, 15) is 4.79 Å². The van der Waals surface area contributed by atoms with Gasteiger partial charge in [0.15, 0.2) is 12.1 Å². The third-order valence-electron chi connectivity index (χ3n) is 6.38. The van der Waals surface area contributed by atoms with Gasteiger partial charge in [-0.2, -0.15) is 0 Å². The molecular formula is C24H36N2O6.